The normalized spacial score (nSPS) is 15.0. The molecule has 0 saturated carbocycles. The van der Waals surface area contributed by atoms with E-state index in [2.05, 4.69) is 4.98 Å². The highest BCUT2D eigenvalue weighted by atomic mass is 35.5. The molecule has 21 heavy (non-hydrogen) atoms. The molecule has 0 amide bonds. The lowest BCUT2D eigenvalue weighted by atomic mass is 10.1. The summed E-state index contributed by atoms with van der Waals surface area (Å²) in [7, 11) is 1.54. The van der Waals surface area contributed by atoms with Crippen molar-refractivity contribution in [3.05, 3.63) is 57.3 Å². The van der Waals surface area contributed by atoms with Crippen LogP contribution in [0.1, 0.15) is 21.5 Å². The van der Waals surface area contributed by atoms with Gasteiger partial charge in [-0.1, -0.05) is 23.2 Å². The fourth-order valence-electron chi connectivity index (χ4n) is 2.04. The van der Waals surface area contributed by atoms with Crippen molar-refractivity contribution in [1.82, 2.24) is 4.98 Å². The molecular weight excluding hydrogens is 313 g/mol. The fraction of sp³-hybridized carbons (Fsp3) is 0.0667. The molecule has 0 bridgehead atoms. The Balaban J connectivity index is 2.11. The zero-order valence-corrected chi connectivity index (χ0v) is 12.4. The zero-order chi connectivity index (χ0) is 15.0. The largest absolute Gasteiger partial charge is 0.497 e. The molecule has 0 radical (unpaired) electrons. The van der Waals surface area contributed by atoms with Gasteiger partial charge in [0.1, 0.15) is 11.5 Å². The first-order chi connectivity index (χ1) is 10.1. The lowest BCUT2D eigenvalue weighted by molar-refractivity contribution is 0.0717. The summed E-state index contributed by atoms with van der Waals surface area (Å²) in [5.41, 5.74) is 1.67. The molecule has 0 N–H and O–H groups in total. The highest BCUT2D eigenvalue weighted by molar-refractivity contribution is 6.37. The van der Waals surface area contributed by atoms with E-state index < -0.39 is 5.97 Å². The van der Waals surface area contributed by atoms with Crippen LogP contribution in [-0.2, 0) is 4.74 Å². The van der Waals surface area contributed by atoms with Crippen molar-refractivity contribution in [2.45, 2.75) is 0 Å². The number of methoxy groups -OCH3 is 1. The number of aromatic nitrogens is 1. The Morgan fingerprint density at radius 3 is 2.57 bits per heavy atom. The summed E-state index contributed by atoms with van der Waals surface area (Å²) in [5.74, 6) is 0.552. The quantitative estimate of drug-likeness (QED) is 0.782. The van der Waals surface area contributed by atoms with Crippen LogP contribution in [-0.4, -0.2) is 18.1 Å². The predicted molar refractivity (Wildman–Crippen MR) is 80.5 cm³/mol. The van der Waals surface area contributed by atoms with E-state index >= 15 is 0 Å². The third kappa shape index (κ3) is 2.48. The van der Waals surface area contributed by atoms with E-state index in [1.54, 1.807) is 24.3 Å². The summed E-state index contributed by atoms with van der Waals surface area (Å²) in [6.07, 6.45) is 4.58. The average molecular weight is 322 g/mol. The third-order valence-electron chi connectivity index (χ3n) is 3.08. The number of hydrogen-bond donors (Lipinski definition) is 0. The lowest BCUT2D eigenvalue weighted by Crippen LogP contribution is -1.94. The smallest absolute Gasteiger partial charge is 0.344 e. The topological polar surface area (TPSA) is 48.4 Å². The summed E-state index contributed by atoms with van der Waals surface area (Å²) in [6, 6.07) is 5.15. The van der Waals surface area contributed by atoms with Crippen molar-refractivity contribution in [3.8, 4) is 5.75 Å². The number of nitrogens with zero attached hydrogens (tertiary/aromatic N) is 1. The molecule has 0 spiro atoms. The summed E-state index contributed by atoms with van der Waals surface area (Å²) in [6.45, 7) is 0. The summed E-state index contributed by atoms with van der Waals surface area (Å²) >= 11 is 12.1. The lowest BCUT2D eigenvalue weighted by Gasteiger charge is -2.03. The molecule has 106 valence electrons. The Labute approximate surface area is 130 Å². The highest BCUT2D eigenvalue weighted by Crippen LogP contribution is 2.35. The number of carbonyl (C=O) groups excluding carboxylic acids is 1. The number of benzene rings is 1. The minimum Gasteiger partial charge on any atom is -0.497 e. The van der Waals surface area contributed by atoms with Crippen LogP contribution in [0.25, 0.3) is 11.8 Å². The number of hydrogen-bond acceptors (Lipinski definition) is 4. The molecule has 0 aliphatic carbocycles. The van der Waals surface area contributed by atoms with Crippen LogP contribution >= 0.6 is 23.2 Å². The second-order valence-corrected chi connectivity index (χ2v) is 5.14. The van der Waals surface area contributed by atoms with Crippen LogP contribution in [0.15, 0.2) is 30.6 Å². The van der Waals surface area contributed by atoms with Gasteiger partial charge in [-0.3, -0.25) is 4.98 Å². The van der Waals surface area contributed by atoms with Crippen molar-refractivity contribution < 1.29 is 14.3 Å². The van der Waals surface area contributed by atoms with Gasteiger partial charge >= 0.3 is 5.97 Å². The fourth-order valence-corrected chi connectivity index (χ4v) is 2.52. The van der Waals surface area contributed by atoms with E-state index in [9.17, 15) is 4.79 Å². The predicted octanol–water partition coefficient (Wildman–Crippen LogP) is 4.07. The molecule has 1 aromatic carbocycles. The highest BCUT2D eigenvalue weighted by Gasteiger charge is 2.27. The summed E-state index contributed by atoms with van der Waals surface area (Å²) in [5, 5.41) is 0.765. The second kappa shape index (κ2) is 5.39. The number of pyridine rings is 1. The first-order valence-electron chi connectivity index (χ1n) is 6.01. The molecule has 1 aromatic heterocycles. The molecule has 2 heterocycles. The Morgan fingerprint density at radius 1 is 1.19 bits per heavy atom. The maximum absolute atomic E-state index is 11.9. The van der Waals surface area contributed by atoms with Crippen molar-refractivity contribution >= 4 is 41.0 Å². The van der Waals surface area contributed by atoms with Gasteiger partial charge in [-0.05, 0) is 24.3 Å². The first-order valence-corrected chi connectivity index (χ1v) is 6.77. The van der Waals surface area contributed by atoms with Gasteiger partial charge in [-0.2, -0.15) is 0 Å². The zero-order valence-electron chi connectivity index (χ0n) is 10.9. The van der Waals surface area contributed by atoms with Gasteiger partial charge in [-0.25, -0.2) is 4.79 Å². The van der Waals surface area contributed by atoms with E-state index in [1.165, 1.54) is 19.5 Å². The Bertz CT molecular complexity index is 751. The van der Waals surface area contributed by atoms with Crippen molar-refractivity contribution in [2.24, 2.45) is 0 Å². The summed E-state index contributed by atoms with van der Waals surface area (Å²) < 4.78 is 10.4. The molecule has 0 saturated heterocycles. The van der Waals surface area contributed by atoms with Crippen molar-refractivity contribution in [1.29, 1.82) is 0 Å². The van der Waals surface area contributed by atoms with Crippen LogP contribution in [0.2, 0.25) is 10.0 Å². The van der Waals surface area contributed by atoms with E-state index in [0.29, 0.717) is 38.2 Å². The Kier molecular flexibility index (Phi) is 3.57. The molecule has 2 aromatic rings. The number of cyclic esters (lactones) is 1. The molecule has 1 aliphatic rings. The van der Waals surface area contributed by atoms with E-state index in [1.807, 2.05) is 0 Å². The number of rotatable bonds is 2. The van der Waals surface area contributed by atoms with E-state index in [0.717, 1.165) is 0 Å². The standard InChI is InChI=1S/C15H9Cl2NO3/c1-20-8-2-3-9-10(4-8)15(19)21-14(9)5-11-12(16)6-18-7-13(11)17/h2-7H,1H3/b14-5-. The SMILES string of the molecule is COc1ccc2c(c1)C(=O)O/C2=C\c1c(Cl)cncc1Cl. The van der Waals surface area contributed by atoms with Crippen LogP contribution in [0.3, 0.4) is 0 Å². The molecule has 0 fully saturated rings. The average Bonchev–Trinajstić information content (AvgIpc) is 2.79. The Morgan fingerprint density at radius 2 is 1.90 bits per heavy atom. The minimum atomic E-state index is -0.434. The van der Waals surface area contributed by atoms with Gasteiger partial charge in [0, 0.05) is 23.5 Å². The van der Waals surface area contributed by atoms with Crippen LogP contribution in [0.4, 0.5) is 0 Å². The van der Waals surface area contributed by atoms with Crippen LogP contribution < -0.4 is 4.74 Å². The molecule has 4 nitrogen and oxygen atoms in total. The van der Waals surface area contributed by atoms with Crippen LogP contribution in [0.5, 0.6) is 5.75 Å². The molecule has 1 aliphatic heterocycles. The number of ether oxygens (including phenoxy) is 2. The van der Waals surface area contributed by atoms with Crippen LogP contribution in [0, 0.1) is 0 Å². The first kappa shape index (κ1) is 13.9. The van der Waals surface area contributed by atoms with Crippen molar-refractivity contribution in [2.75, 3.05) is 7.11 Å². The molecule has 6 heteroatoms. The maximum Gasteiger partial charge on any atom is 0.344 e. The van der Waals surface area contributed by atoms with Gasteiger partial charge in [-0.15, -0.1) is 0 Å². The third-order valence-corrected chi connectivity index (χ3v) is 3.68. The summed E-state index contributed by atoms with van der Waals surface area (Å²) in [4.78, 5) is 15.8. The van der Waals surface area contributed by atoms with Gasteiger partial charge < -0.3 is 9.47 Å². The van der Waals surface area contributed by atoms with Crippen molar-refractivity contribution in [3.63, 3.8) is 0 Å². The second-order valence-electron chi connectivity index (χ2n) is 4.33. The van der Waals surface area contributed by atoms with Gasteiger partial charge in [0.05, 0.1) is 22.7 Å². The Hall–Kier alpha value is -2.04. The molecule has 0 atom stereocenters. The minimum absolute atomic E-state index is 0.382. The van der Waals surface area contributed by atoms with E-state index in [-0.39, 0.29) is 0 Å². The maximum atomic E-state index is 11.9. The van der Waals surface area contributed by atoms with Gasteiger partial charge in [0.25, 0.3) is 0 Å². The molecular formula is C15H9Cl2NO3. The molecule has 3 rings (SSSR count). The van der Waals surface area contributed by atoms with Gasteiger partial charge in [0.2, 0.25) is 0 Å². The number of fused-ring (bicyclic) bond motifs is 1. The number of esters is 1. The monoisotopic (exact) mass is 321 g/mol. The van der Waals surface area contributed by atoms with Gasteiger partial charge in [0.15, 0.2) is 0 Å². The number of halogens is 2. The molecule has 0 unspecified atom stereocenters. The number of carbonyl (C=O) groups is 1. The van der Waals surface area contributed by atoms with E-state index in [4.69, 9.17) is 32.7 Å².